The third-order valence-corrected chi connectivity index (χ3v) is 7.10. The van der Waals surface area contributed by atoms with Crippen LogP contribution in [0.3, 0.4) is 0 Å². The molecule has 0 fully saturated rings. The van der Waals surface area contributed by atoms with Gasteiger partial charge in [-0.25, -0.2) is 8.42 Å². The highest BCUT2D eigenvalue weighted by Gasteiger charge is 2.27. The summed E-state index contributed by atoms with van der Waals surface area (Å²) in [5, 5.41) is 2.91. The minimum Gasteiger partial charge on any atom is -0.322 e. The van der Waals surface area contributed by atoms with Crippen molar-refractivity contribution in [3.05, 3.63) is 101 Å². The summed E-state index contributed by atoms with van der Waals surface area (Å²) in [5.74, 6) is -0.416. The summed E-state index contributed by atoms with van der Waals surface area (Å²) < 4.78 is 28.1. The van der Waals surface area contributed by atoms with E-state index in [9.17, 15) is 13.2 Å². The Bertz CT molecular complexity index is 1200. The van der Waals surface area contributed by atoms with Crippen LogP contribution in [0.5, 0.6) is 0 Å². The van der Waals surface area contributed by atoms with Gasteiger partial charge in [0.1, 0.15) is 4.90 Å². The highest BCUT2D eigenvalue weighted by atomic mass is 35.5. The molecule has 0 saturated heterocycles. The molecule has 3 rings (SSSR count). The zero-order valence-electron chi connectivity index (χ0n) is 17.3. The molecular weight excluding hydrogens is 432 g/mol. The van der Waals surface area contributed by atoms with Gasteiger partial charge < -0.3 is 5.32 Å². The maximum Gasteiger partial charge on any atom is 0.266 e. The van der Waals surface area contributed by atoms with Crippen LogP contribution in [0.25, 0.3) is 0 Å². The van der Waals surface area contributed by atoms with E-state index in [1.54, 1.807) is 30.3 Å². The van der Waals surface area contributed by atoms with Gasteiger partial charge in [-0.2, -0.15) is 0 Å². The van der Waals surface area contributed by atoms with Crippen molar-refractivity contribution in [2.24, 2.45) is 0 Å². The molecule has 0 aliphatic carbocycles. The molecule has 3 aromatic carbocycles. The summed E-state index contributed by atoms with van der Waals surface area (Å²) in [5.41, 5.74) is 3.19. The Balaban J connectivity index is 2.01. The standard InChI is InChI=1S/C24H23ClN2O3S/c1-4-15-27(20-11-6-5-7-12-20)31(29,30)22-16-19(13-14-21(22)25)24(28)26-23-17(2)9-8-10-18(23)3/h4-14,16H,1,15H2,2-3H3,(H,26,28). The molecule has 1 amide bonds. The van der Waals surface area contributed by atoms with Crippen LogP contribution in [0.4, 0.5) is 11.4 Å². The van der Waals surface area contributed by atoms with Gasteiger partial charge >= 0.3 is 0 Å². The van der Waals surface area contributed by atoms with Crippen LogP contribution in [0.2, 0.25) is 5.02 Å². The van der Waals surface area contributed by atoms with E-state index in [1.165, 1.54) is 28.6 Å². The third kappa shape index (κ3) is 4.81. The van der Waals surface area contributed by atoms with Crippen molar-refractivity contribution in [3.8, 4) is 0 Å². The molecule has 3 aromatic rings. The van der Waals surface area contributed by atoms with Gasteiger partial charge in [0.15, 0.2) is 0 Å². The lowest BCUT2D eigenvalue weighted by molar-refractivity contribution is 0.102. The summed E-state index contributed by atoms with van der Waals surface area (Å²) >= 11 is 6.26. The van der Waals surface area contributed by atoms with Crippen LogP contribution in [0.15, 0.2) is 84.3 Å². The van der Waals surface area contributed by atoms with Crippen LogP contribution in [0, 0.1) is 13.8 Å². The Morgan fingerprint density at radius 1 is 1.03 bits per heavy atom. The molecule has 1 N–H and O–H groups in total. The number of aryl methyl sites for hydroxylation is 2. The average molecular weight is 455 g/mol. The van der Waals surface area contributed by atoms with Gasteiger partial charge in [-0.05, 0) is 55.3 Å². The van der Waals surface area contributed by atoms with Crippen LogP contribution in [0.1, 0.15) is 21.5 Å². The Morgan fingerprint density at radius 2 is 1.68 bits per heavy atom. The van der Waals surface area contributed by atoms with E-state index in [0.717, 1.165) is 11.1 Å². The molecule has 5 nitrogen and oxygen atoms in total. The molecular formula is C24H23ClN2O3S. The van der Waals surface area contributed by atoms with E-state index in [4.69, 9.17) is 11.6 Å². The number of anilines is 2. The molecule has 160 valence electrons. The highest BCUT2D eigenvalue weighted by molar-refractivity contribution is 7.93. The number of carbonyl (C=O) groups is 1. The fourth-order valence-corrected chi connectivity index (χ4v) is 5.15. The minimum absolute atomic E-state index is 0.0358. The Hall–Kier alpha value is -3.09. The van der Waals surface area contributed by atoms with E-state index >= 15 is 0 Å². The van der Waals surface area contributed by atoms with Crippen molar-refractivity contribution in [2.45, 2.75) is 18.7 Å². The fraction of sp³-hybridized carbons (Fsp3) is 0.125. The maximum atomic E-state index is 13.4. The first-order valence-corrected chi connectivity index (χ1v) is 11.4. The molecule has 0 spiro atoms. The van der Waals surface area contributed by atoms with E-state index in [1.807, 2.05) is 32.0 Å². The van der Waals surface area contributed by atoms with Crippen LogP contribution in [-0.4, -0.2) is 20.9 Å². The van der Waals surface area contributed by atoms with Crippen molar-refractivity contribution in [1.82, 2.24) is 0 Å². The summed E-state index contributed by atoms with van der Waals surface area (Å²) in [6.07, 6.45) is 1.50. The number of carbonyl (C=O) groups excluding carboxylic acids is 1. The zero-order valence-corrected chi connectivity index (χ0v) is 18.9. The number of amides is 1. The second kappa shape index (κ2) is 9.37. The molecule has 0 saturated carbocycles. The summed E-state index contributed by atoms with van der Waals surface area (Å²) in [7, 11) is -4.04. The van der Waals surface area contributed by atoms with E-state index in [2.05, 4.69) is 11.9 Å². The number of benzene rings is 3. The van der Waals surface area contributed by atoms with Gasteiger partial charge in [0.05, 0.1) is 17.3 Å². The number of rotatable bonds is 7. The molecule has 31 heavy (non-hydrogen) atoms. The van der Waals surface area contributed by atoms with Gasteiger partial charge in [0.2, 0.25) is 0 Å². The number of hydrogen-bond acceptors (Lipinski definition) is 3. The first-order chi connectivity index (χ1) is 14.8. The first kappa shape index (κ1) is 22.6. The third-order valence-electron chi connectivity index (χ3n) is 4.82. The Morgan fingerprint density at radius 3 is 2.29 bits per heavy atom. The van der Waals surface area contributed by atoms with Crippen LogP contribution in [-0.2, 0) is 10.0 Å². The van der Waals surface area contributed by atoms with Crippen molar-refractivity contribution in [2.75, 3.05) is 16.2 Å². The second-order valence-corrected chi connectivity index (χ2v) is 9.26. The number of nitrogens with zero attached hydrogens (tertiary/aromatic N) is 1. The number of nitrogens with one attached hydrogen (secondary N) is 1. The normalized spacial score (nSPS) is 11.1. The van der Waals surface area contributed by atoms with Crippen LogP contribution < -0.4 is 9.62 Å². The number of halogens is 1. The lowest BCUT2D eigenvalue weighted by atomic mass is 10.1. The maximum absolute atomic E-state index is 13.4. The van der Waals surface area contributed by atoms with Crippen molar-refractivity contribution in [1.29, 1.82) is 0 Å². The van der Waals surface area contributed by atoms with E-state index in [0.29, 0.717) is 11.4 Å². The first-order valence-electron chi connectivity index (χ1n) is 9.61. The SMILES string of the molecule is C=CCN(c1ccccc1)S(=O)(=O)c1cc(C(=O)Nc2c(C)cccc2C)ccc1Cl. The lowest BCUT2D eigenvalue weighted by Gasteiger charge is -2.24. The molecule has 0 unspecified atom stereocenters. The highest BCUT2D eigenvalue weighted by Crippen LogP contribution is 2.30. The second-order valence-electron chi connectivity index (χ2n) is 7.03. The van der Waals surface area contributed by atoms with Crippen molar-refractivity contribution >= 4 is 38.9 Å². The van der Waals surface area contributed by atoms with Gasteiger partial charge in [0.25, 0.3) is 15.9 Å². The average Bonchev–Trinajstić information content (AvgIpc) is 2.75. The smallest absolute Gasteiger partial charge is 0.266 e. The van der Waals surface area contributed by atoms with Gasteiger partial charge in [-0.1, -0.05) is 54.1 Å². The summed E-state index contributed by atoms with van der Waals surface area (Å²) in [4.78, 5) is 12.8. The molecule has 0 radical (unpaired) electrons. The molecule has 0 aliphatic rings. The fourth-order valence-electron chi connectivity index (χ4n) is 3.21. The minimum atomic E-state index is -4.04. The summed E-state index contributed by atoms with van der Waals surface area (Å²) in [6, 6.07) is 18.6. The largest absolute Gasteiger partial charge is 0.322 e. The predicted molar refractivity (Wildman–Crippen MR) is 126 cm³/mol. The molecule has 0 bridgehead atoms. The van der Waals surface area contributed by atoms with E-state index < -0.39 is 15.9 Å². The monoisotopic (exact) mass is 454 g/mol. The predicted octanol–water partition coefficient (Wildman–Crippen LogP) is 5.59. The number of para-hydroxylation sites is 2. The summed E-state index contributed by atoms with van der Waals surface area (Å²) in [6.45, 7) is 7.51. The lowest BCUT2D eigenvalue weighted by Crippen LogP contribution is -2.31. The quantitative estimate of drug-likeness (QED) is 0.473. The topological polar surface area (TPSA) is 66.5 Å². The van der Waals surface area contributed by atoms with Gasteiger partial charge in [0, 0.05) is 11.3 Å². The molecule has 0 atom stereocenters. The molecule has 7 heteroatoms. The zero-order chi connectivity index (χ0) is 22.6. The Kier molecular flexibility index (Phi) is 6.83. The molecule has 0 heterocycles. The number of sulfonamides is 1. The Labute approximate surface area is 188 Å². The molecule has 0 aromatic heterocycles. The van der Waals surface area contributed by atoms with Gasteiger partial charge in [-0.15, -0.1) is 6.58 Å². The number of hydrogen-bond donors (Lipinski definition) is 1. The van der Waals surface area contributed by atoms with Crippen LogP contribution >= 0.6 is 11.6 Å². The van der Waals surface area contributed by atoms with Crippen molar-refractivity contribution < 1.29 is 13.2 Å². The molecule has 0 aliphatic heterocycles. The van der Waals surface area contributed by atoms with E-state index in [-0.39, 0.29) is 22.0 Å². The van der Waals surface area contributed by atoms with Crippen molar-refractivity contribution in [3.63, 3.8) is 0 Å². The van der Waals surface area contributed by atoms with Gasteiger partial charge in [-0.3, -0.25) is 9.10 Å².